The van der Waals surface area contributed by atoms with Crippen LogP contribution in [0.4, 0.5) is 0 Å². The summed E-state index contributed by atoms with van der Waals surface area (Å²) in [5.74, 6) is -2.03. The van der Waals surface area contributed by atoms with Crippen molar-refractivity contribution >= 4 is 11.9 Å². The zero-order valence-electron chi connectivity index (χ0n) is 20.3. The second kappa shape index (κ2) is 27.4. The van der Waals surface area contributed by atoms with E-state index in [1.165, 1.54) is 95.6 Å². The number of hydrogen-bond donors (Lipinski definition) is 0. The van der Waals surface area contributed by atoms with Crippen molar-refractivity contribution in [3.63, 3.8) is 0 Å². The predicted molar refractivity (Wildman–Crippen MR) is 115 cm³/mol. The molecule has 0 saturated heterocycles. The van der Waals surface area contributed by atoms with Crippen LogP contribution < -0.4 is 47.9 Å². The van der Waals surface area contributed by atoms with Crippen LogP contribution in [0.15, 0.2) is 30.3 Å². The van der Waals surface area contributed by atoms with Crippen molar-refractivity contribution in [2.24, 2.45) is 0 Å². The number of aromatic carboxylic acids is 1. The molecule has 1 aromatic rings. The number of carbonyl (C=O) groups is 2. The molecule has 31 heavy (non-hydrogen) atoms. The predicted octanol–water partition coefficient (Wildman–Crippen LogP) is -0.944. The molecule has 0 unspecified atom stereocenters. The molecule has 0 fully saturated rings. The third-order valence-electron chi connectivity index (χ3n) is 4.99. The van der Waals surface area contributed by atoms with E-state index in [1.807, 2.05) is 0 Å². The van der Waals surface area contributed by atoms with E-state index in [-0.39, 0.29) is 49.7 Å². The quantitative estimate of drug-likeness (QED) is 0.242. The molecule has 0 radical (unpaired) electrons. The molecule has 0 aliphatic rings. The molecule has 0 aromatic heterocycles. The van der Waals surface area contributed by atoms with Crippen molar-refractivity contribution in [1.82, 2.24) is 0 Å². The van der Waals surface area contributed by atoms with Gasteiger partial charge in [0.2, 0.25) is 0 Å². The standard InChI is InChI=1S/C18H36O2.C7H6O2.2Li/c1-2-3-4-5-6-7-8-9-10-11-12-13-14-15-16-17-18(19)20;8-7(9)6-4-2-1-3-5-6;;/h2-17H2,1H3,(H,19,20);1-5H,(H,8,9);;/q;;2*+1/p-2. The van der Waals surface area contributed by atoms with Gasteiger partial charge in [-0.3, -0.25) is 0 Å². The molecule has 1 rings (SSSR count). The smallest absolute Gasteiger partial charge is 0.550 e. The Hall–Kier alpha value is -0.645. The van der Waals surface area contributed by atoms with Crippen molar-refractivity contribution in [1.29, 1.82) is 0 Å². The Morgan fingerprint density at radius 3 is 1.26 bits per heavy atom. The van der Waals surface area contributed by atoms with Crippen molar-refractivity contribution < 1.29 is 57.5 Å². The number of carboxylic acids is 2. The van der Waals surface area contributed by atoms with Gasteiger partial charge in [-0.05, 0) is 18.4 Å². The normalized spacial score (nSPS) is 9.58. The molecule has 0 spiro atoms. The largest absolute Gasteiger partial charge is 1.00 e. The van der Waals surface area contributed by atoms with E-state index in [4.69, 9.17) is 0 Å². The summed E-state index contributed by atoms with van der Waals surface area (Å²) in [6.45, 7) is 2.27. The van der Waals surface area contributed by atoms with Gasteiger partial charge in [-0.25, -0.2) is 0 Å². The Morgan fingerprint density at radius 1 is 0.613 bits per heavy atom. The number of aliphatic carboxylic acids is 1. The Bertz CT molecular complexity index is 510. The van der Waals surface area contributed by atoms with Crippen LogP contribution in [0.25, 0.3) is 0 Å². The number of hydrogen-bond acceptors (Lipinski definition) is 4. The number of carboxylic acid groups (broad SMARTS) is 2. The van der Waals surface area contributed by atoms with E-state index in [1.54, 1.807) is 18.2 Å². The van der Waals surface area contributed by atoms with Gasteiger partial charge in [-0.1, -0.05) is 127 Å². The molecule has 0 aliphatic carbocycles. The second-order valence-electron chi connectivity index (χ2n) is 7.73. The fourth-order valence-electron chi connectivity index (χ4n) is 3.21. The van der Waals surface area contributed by atoms with E-state index < -0.39 is 11.9 Å². The second-order valence-corrected chi connectivity index (χ2v) is 7.73. The van der Waals surface area contributed by atoms with Crippen LogP contribution in [-0.2, 0) is 4.79 Å². The number of benzene rings is 1. The molecule has 0 N–H and O–H groups in total. The topological polar surface area (TPSA) is 80.3 Å². The van der Waals surface area contributed by atoms with Crippen LogP contribution in [0.1, 0.15) is 120 Å². The van der Waals surface area contributed by atoms with E-state index in [0.717, 1.165) is 12.8 Å². The first-order valence-corrected chi connectivity index (χ1v) is 11.5. The van der Waals surface area contributed by atoms with Gasteiger partial charge in [-0.2, -0.15) is 0 Å². The first-order valence-electron chi connectivity index (χ1n) is 11.5. The zero-order chi connectivity index (χ0) is 21.6. The van der Waals surface area contributed by atoms with Gasteiger partial charge in [-0.15, -0.1) is 0 Å². The molecular weight excluding hydrogens is 378 g/mol. The van der Waals surface area contributed by atoms with Gasteiger partial charge >= 0.3 is 37.7 Å². The van der Waals surface area contributed by atoms with Crippen LogP contribution in [-0.4, -0.2) is 11.9 Å². The third kappa shape index (κ3) is 27.3. The summed E-state index contributed by atoms with van der Waals surface area (Å²) in [6.07, 6.45) is 19.9. The average molecular weight is 418 g/mol. The molecule has 166 valence electrons. The SMILES string of the molecule is CCCCCCCCCCCCCCCCCC(=O)[O-].O=C([O-])c1ccccc1.[Li+].[Li+]. The van der Waals surface area contributed by atoms with Crippen LogP contribution in [0.3, 0.4) is 0 Å². The molecule has 0 amide bonds. The van der Waals surface area contributed by atoms with E-state index in [0.29, 0.717) is 0 Å². The fourth-order valence-corrected chi connectivity index (χ4v) is 3.21. The van der Waals surface area contributed by atoms with E-state index >= 15 is 0 Å². The molecule has 0 aliphatic heterocycles. The summed E-state index contributed by atoms with van der Waals surface area (Å²) in [5.41, 5.74) is 0.220. The Kier molecular flexibility index (Phi) is 30.9. The number of rotatable bonds is 17. The van der Waals surface area contributed by atoms with Gasteiger partial charge in [0.05, 0.1) is 5.97 Å². The van der Waals surface area contributed by atoms with Gasteiger partial charge < -0.3 is 19.8 Å². The van der Waals surface area contributed by atoms with E-state index in [2.05, 4.69) is 6.92 Å². The first-order chi connectivity index (χ1) is 14.1. The third-order valence-corrected chi connectivity index (χ3v) is 4.99. The van der Waals surface area contributed by atoms with Crippen molar-refractivity contribution in [3.05, 3.63) is 35.9 Å². The molecule has 0 saturated carbocycles. The van der Waals surface area contributed by atoms with Gasteiger partial charge in [0.25, 0.3) is 0 Å². The van der Waals surface area contributed by atoms with Gasteiger partial charge in [0, 0.05) is 5.97 Å². The maximum absolute atomic E-state index is 10.2. The Labute approximate surface area is 214 Å². The molecular formula is C25H40Li2O4. The van der Waals surface area contributed by atoms with Crippen LogP contribution >= 0.6 is 0 Å². The summed E-state index contributed by atoms with van der Waals surface area (Å²) in [5, 5.41) is 20.3. The summed E-state index contributed by atoms with van der Waals surface area (Å²) in [4.78, 5) is 20.3. The monoisotopic (exact) mass is 418 g/mol. The zero-order valence-corrected chi connectivity index (χ0v) is 20.3. The maximum atomic E-state index is 10.2. The number of unbranched alkanes of at least 4 members (excludes halogenated alkanes) is 14. The molecule has 6 heteroatoms. The molecule has 1 aromatic carbocycles. The Balaban J connectivity index is -0.000000598. The van der Waals surface area contributed by atoms with Crippen molar-refractivity contribution in [2.75, 3.05) is 0 Å². The first kappa shape index (κ1) is 35.0. The molecule has 0 atom stereocenters. The minimum Gasteiger partial charge on any atom is -0.550 e. The minimum absolute atomic E-state index is 0. The molecule has 4 nitrogen and oxygen atoms in total. The van der Waals surface area contributed by atoms with Crippen molar-refractivity contribution in [3.8, 4) is 0 Å². The average Bonchev–Trinajstić information content (AvgIpc) is 2.72. The molecule has 0 bridgehead atoms. The van der Waals surface area contributed by atoms with Gasteiger partial charge in [0.1, 0.15) is 0 Å². The van der Waals surface area contributed by atoms with Crippen LogP contribution in [0.5, 0.6) is 0 Å². The van der Waals surface area contributed by atoms with Gasteiger partial charge in [0.15, 0.2) is 0 Å². The Morgan fingerprint density at radius 2 is 0.968 bits per heavy atom. The molecule has 0 heterocycles. The fraction of sp³-hybridized carbons (Fsp3) is 0.680. The summed E-state index contributed by atoms with van der Waals surface area (Å²) < 4.78 is 0. The van der Waals surface area contributed by atoms with Crippen molar-refractivity contribution in [2.45, 2.75) is 110 Å². The van der Waals surface area contributed by atoms with Crippen LogP contribution in [0, 0.1) is 0 Å². The minimum atomic E-state index is -1.13. The van der Waals surface area contributed by atoms with E-state index in [9.17, 15) is 19.8 Å². The maximum Gasteiger partial charge on any atom is 1.00 e. The number of carbonyl (C=O) groups excluding carboxylic acids is 2. The summed E-state index contributed by atoms with van der Waals surface area (Å²) >= 11 is 0. The van der Waals surface area contributed by atoms with Crippen LogP contribution in [0.2, 0.25) is 0 Å². The summed E-state index contributed by atoms with van der Waals surface area (Å²) in [6, 6.07) is 8.06. The summed E-state index contributed by atoms with van der Waals surface area (Å²) in [7, 11) is 0.